The average Bonchev–Trinajstić information content (AvgIpc) is 3.45. The lowest BCUT2D eigenvalue weighted by molar-refractivity contribution is 0.543. The first-order valence-corrected chi connectivity index (χ1v) is 12.5. The predicted molar refractivity (Wildman–Crippen MR) is 131 cm³/mol. The van der Waals surface area contributed by atoms with Crippen LogP contribution in [0.5, 0.6) is 0 Å². The third kappa shape index (κ3) is 3.48. The quantitative estimate of drug-likeness (QED) is 0.340. The van der Waals surface area contributed by atoms with Crippen molar-refractivity contribution in [2.75, 3.05) is 0 Å². The number of piperidine rings is 2. The number of rotatable bonds is 3. The predicted octanol–water partition coefficient (Wildman–Crippen LogP) is 4.34. The van der Waals surface area contributed by atoms with Crippen molar-refractivity contribution in [2.24, 2.45) is 11.8 Å². The van der Waals surface area contributed by atoms with E-state index in [4.69, 9.17) is 0 Å². The number of imidazole rings is 2. The molecule has 0 bridgehead atoms. The number of nitrogens with one attached hydrogen (secondary N) is 4. The van der Waals surface area contributed by atoms with Gasteiger partial charge in [0.05, 0.1) is 29.5 Å². The average molecular weight is 465 g/mol. The fraction of sp³-hybridized carbons (Fsp3) is 0.357. The number of H-pyrrole nitrogens is 2. The Morgan fingerprint density at radius 3 is 2.23 bits per heavy atom. The van der Waals surface area contributed by atoms with Gasteiger partial charge in [-0.1, -0.05) is 24.0 Å². The number of nitrogens with zero attached hydrogens (tertiary/aromatic N) is 2. The van der Waals surface area contributed by atoms with Gasteiger partial charge in [-0.15, -0.1) is 0 Å². The van der Waals surface area contributed by atoms with E-state index in [2.05, 4.69) is 42.4 Å². The number of hydrogen-bond acceptors (Lipinski definition) is 4. The zero-order valence-electron chi connectivity index (χ0n) is 19.1. The van der Waals surface area contributed by atoms with Crippen molar-refractivity contribution in [2.45, 2.75) is 49.9 Å². The Kier molecular flexibility index (Phi) is 4.11. The van der Waals surface area contributed by atoms with Gasteiger partial charge in [-0.25, -0.2) is 14.4 Å². The maximum absolute atomic E-state index is 14.8. The summed E-state index contributed by atoms with van der Waals surface area (Å²) >= 11 is 0. The molecule has 35 heavy (non-hydrogen) atoms. The van der Waals surface area contributed by atoms with Crippen LogP contribution in [0.2, 0.25) is 0 Å². The van der Waals surface area contributed by atoms with Crippen molar-refractivity contribution in [1.29, 1.82) is 0 Å². The summed E-state index contributed by atoms with van der Waals surface area (Å²) in [7, 11) is 0. The van der Waals surface area contributed by atoms with Gasteiger partial charge in [0.1, 0.15) is 17.2 Å². The normalized spacial score (nSPS) is 30.1. The van der Waals surface area contributed by atoms with Crippen molar-refractivity contribution < 1.29 is 4.39 Å². The zero-order valence-corrected chi connectivity index (χ0v) is 19.1. The highest BCUT2D eigenvalue weighted by molar-refractivity contribution is 5.78. The van der Waals surface area contributed by atoms with E-state index in [1.807, 2.05) is 36.5 Å². The number of benzene rings is 2. The molecule has 4 aliphatic rings. The van der Waals surface area contributed by atoms with Gasteiger partial charge in [0.25, 0.3) is 0 Å². The van der Waals surface area contributed by atoms with Crippen LogP contribution in [0, 0.1) is 29.5 Å². The third-order valence-electron chi connectivity index (χ3n) is 8.11. The number of halogens is 1. The molecule has 0 radical (unpaired) electrons. The minimum atomic E-state index is -0.336. The second-order valence-electron chi connectivity index (χ2n) is 10.6. The monoisotopic (exact) mass is 464 g/mol. The van der Waals surface area contributed by atoms with Crippen LogP contribution in [-0.2, 0) is 0 Å². The lowest BCUT2D eigenvalue weighted by Crippen LogP contribution is -2.18. The van der Waals surface area contributed by atoms with Crippen LogP contribution in [0.1, 0.15) is 60.5 Å². The highest BCUT2D eigenvalue weighted by Crippen LogP contribution is 2.46. The van der Waals surface area contributed by atoms with E-state index < -0.39 is 0 Å². The van der Waals surface area contributed by atoms with Crippen molar-refractivity contribution in [1.82, 2.24) is 30.6 Å². The summed E-state index contributed by atoms with van der Waals surface area (Å²) < 4.78 is 14.8. The molecule has 2 aliphatic carbocycles. The van der Waals surface area contributed by atoms with Crippen LogP contribution >= 0.6 is 0 Å². The summed E-state index contributed by atoms with van der Waals surface area (Å²) in [5, 5.41) is 7.20. The van der Waals surface area contributed by atoms with E-state index in [9.17, 15) is 4.39 Å². The summed E-state index contributed by atoms with van der Waals surface area (Å²) in [5.74, 6) is 9.39. The summed E-state index contributed by atoms with van der Waals surface area (Å²) in [4.78, 5) is 15.9. The molecule has 1 unspecified atom stereocenters. The summed E-state index contributed by atoms with van der Waals surface area (Å²) in [6, 6.07) is 13.3. The topological polar surface area (TPSA) is 81.4 Å². The van der Waals surface area contributed by atoms with E-state index in [-0.39, 0.29) is 11.9 Å². The second-order valence-corrected chi connectivity index (χ2v) is 10.6. The SMILES string of the molecule is Fc1cc(C#Cc2ccc(-c3cnc([C@@H]4C[C@H]5C[C@H]5N4)[nH]3)cc2)cc2[nH]c([C@@H]3CC4C[C@H]4N3)nc12. The minimum Gasteiger partial charge on any atom is -0.341 e. The fourth-order valence-electron chi connectivity index (χ4n) is 5.93. The van der Waals surface area contributed by atoms with Crippen LogP contribution in [-0.4, -0.2) is 32.0 Å². The Morgan fingerprint density at radius 1 is 0.800 bits per heavy atom. The van der Waals surface area contributed by atoms with Gasteiger partial charge < -0.3 is 20.6 Å². The largest absolute Gasteiger partial charge is 0.341 e. The molecule has 174 valence electrons. The lowest BCUT2D eigenvalue weighted by atomic mass is 10.1. The van der Waals surface area contributed by atoms with Crippen LogP contribution < -0.4 is 10.6 Å². The minimum absolute atomic E-state index is 0.199. The maximum atomic E-state index is 14.8. The Bertz CT molecular complexity index is 1500. The number of aromatic amines is 2. The maximum Gasteiger partial charge on any atom is 0.152 e. The van der Waals surface area contributed by atoms with Crippen LogP contribution in [0.15, 0.2) is 42.6 Å². The molecular formula is C28H25FN6. The summed E-state index contributed by atoms with van der Waals surface area (Å²) in [5.41, 5.74) is 4.70. The number of hydrogen-bond donors (Lipinski definition) is 4. The Hall–Kier alpha value is -3.47. The summed E-state index contributed by atoms with van der Waals surface area (Å²) in [6.45, 7) is 0. The number of aromatic nitrogens is 4. The Labute approximate surface area is 202 Å². The van der Waals surface area contributed by atoms with Gasteiger partial charge in [0.15, 0.2) is 5.82 Å². The number of fused-ring (bicyclic) bond motifs is 3. The van der Waals surface area contributed by atoms with Crippen LogP contribution in [0.25, 0.3) is 22.3 Å². The molecule has 2 aromatic carbocycles. The molecule has 4 N–H and O–H groups in total. The second kappa shape index (κ2) is 7.27. The molecule has 7 heteroatoms. The third-order valence-corrected chi connectivity index (χ3v) is 8.11. The fourth-order valence-corrected chi connectivity index (χ4v) is 5.93. The molecule has 0 amide bonds. The van der Waals surface area contributed by atoms with Crippen molar-refractivity contribution in [3.05, 3.63) is 71.2 Å². The molecule has 2 saturated heterocycles. The van der Waals surface area contributed by atoms with Gasteiger partial charge in [0, 0.05) is 23.2 Å². The standard InChI is InChI=1S/C28H25FN6/c29-19-7-15(8-22-26(19)35-28(33-22)24-12-18-10-21(18)32-24)2-1-14-3-5-16(6-4-14)25-13-30-27(34-25)23-11-17-9-20(17)31-23/h3-8,13,17-18,20-21,23-24,31-32H,9-12H2,(H,30,34)(H,33,35)/t17-,18?,20-,21-,23+,24+/m1/s1. The molecule has 2 aromatic heterocycles. The first kappa shape index (κ1) is 19.8. The summed E-state index contributed by atoms with van der Waals surface area (Å²) in [6.07, 6.45) is 6.73. The first-order chi connectivity index (χ1) is 17.2. The molecule has 6 atom stereocenters. The molecule has 2 saturated carbocycles. The van der Waals surface area contributed by atoms with Crippen molar-refractivity contribution >= 4 is 11.0 Å². The van der Waals surface area contributed by atoms with Crippen molar-refractivity contribution in [3.63, 3.8) is 0 Å². The van der Waals surface area contributed by atoms with Gasteiger partial charge in [0.2, 0.25) is 0 Å². The zero-order chi connectivity index (χ0) is 23.1. The molecule has 8 rings (SSSR count). The van der Waals surface area contributed by atoms with E-state index in [1.165, 1.54) is 25.3 Å². The molecule has 6 nitrogen and oxygen atoms in total. The van der Waals surface area contributed by atoms with Gasteiger partial charge in [-0.05, 0) is 67.3 Å². The van der Waals surface area contributed by atoms with E-state index in [0.717, 1.165) is 46.7 Å². The van der Waals surface area contributed by atoms with Crippen LogP contribution in [0.4, 0.5) is 4.39 Å². The van der Waals surface area contributed by atoms with E-state index in [0.29, 0.717) is 34.7 Å². The van der Waals surface area contributed by atoms with E-state index in [1.54, 1.807) is 0 Å². The highest BCUT2D eigenvalue weighted by Gasteiger charge is 2.47. The van der Waals surface area contributed by atoms with Gasteiger partial charge in [-0.3, -0.25) is 0 Å². The molecule has 4 aromatic rings. The van der Waals surface area contributed by atoms with Gasteiger partial charge in [-0.2, -0.15) is 0 Å². The van der Waals surface area contributed by atoms with Crippen molar-refractivity contribution in [3.8, 4) is 23.1 Å². The molecule has 0 spiro atoms. The smallest absolute Gasteiger partial charge is 0.152 e. The molecule has 2 aliphatic heterocycles. The first-order valence-electron chi connectivity index (χ1n) is 12.5. The Morgan fingerprint density at radius 2 is 1.51 bits per heavy atom. The molecular weight excluding hydrogens is 439 g/mol. The molecule has 4 fully saturated rings. The lowest BCUT2D eigenvalue weighted by Gasteiger charge is -2.09. The molecule has 4 heterocycles. The van der Waals surface area contributed by atoms with E-state index >= 15 is 0 Å². The highest BCUT2D eigenvalue weighted by atomic mass is 19.1. The van der Waals surface area contributed by atoms with Crippen LogP contribution in [0.3, 0.4) is 0 Å². The Balaban J connectivity index is 1.00. The van der Waals surface area contributed by atoms with Gasteiger partial charge >= 0.3 is 0 Å².